The van der Waals surface area contributed by atoms with E-state index >= 15 is 0 Å². The number of aromatic nitrogens is 2. The molecule has 0 aliphatic heterocycles. The summed E-state index contributed by atoms with van der Waals surface area (Å²) in [7, 11) is 0. The summed E-state index contributed by atoms with van der Waals surface area (Å²) >= 11 is 0. The van der Waals surface area contributed by atoms with Crippen molar-refractivity contribution in [3.05, 3.63) is 30.1 Å². The van der Waals surface area contributed by atoms with Gasteiger partial charge in [-0.25, -0.2) is 9.78 Å². The topological polar surface area (TPSA) is 86.9 Å². The van der Waals surface area contributed by atoms with Gasteiger partial charge >= 0.3 is 5.97 Å². The van der Waals surface area contributed by atoms with Crippen molar-refractivity contribution in [3.63, 3.8) is 0 Å². The van der Waals surface area contributed by atoms with Gasteiger partial charge in [0.15, 0.2) is 11.5 Å². The first-order chi connectivity index (χ1) is 10.1. The molecule has 7 nitrogen and oxygen atoms in total. The largest absolute Gasteiger partial charge is 0.476 e. The molecule has 0 saturated heterocycles. The molecule has 0 aliphatic rings. The molecular weight excluding hydrogens is 272 g/mol. The third-order valence-electron chi connectivity index (χ3n) is 3.10. The maximum atomic E-state index is 11.7. The number of hydrogen-bond acceptors (Lipinski definition) is 4. The van der Waals surface area contributed by atoms with Crippen LogP contribution in [0.4, 0.5) is 5.82 Å². The molecule has 1 amide bonds. The van der Waals surface area contributed by atoms with Gasteiger partial charge < -0.3 is 15.3 Å². The minimum absolute atomic E-state index is 0.0664. The Balaban J connectivity index is 2.45. The Hall–Kier alpha value is -2.57. The van der Waals surface area contributed by atoms with Crippen LogP contribution in [0.3, 0.4) is 0 Å². The van der Waals surface area contributed by atoms with Crippen molar-refractivity contribution in [2.45, 2.75) is 13.8 Å². The Bertz CT molecular complexity index is 665. The lowest BCUT2D eigenvalue weighted by Gasteiger charge is -2.20. The van der Waals surface area contributed by atoms with Crippen molar-refractivity contribution in [2.24, 2.45) is 0 Å². The Kier molecular flexibility index (Phi) is 4.42. The normalized spacial score (nSPS) is 10.6. The van der Waals surface area contributed by atoms with E-state index in [1.165, 1.54) is 4.40 Å². The van der Waals surface area contributed by atoms with Gasteiger partial charge in [0.05, 0.1) is 6.54 Å². The summed E-state index contributed by atoms with van der Waals surface area (Å²) in [4.78, 5) is 29.3. The predicted molar refractivity (Wildman–Crippen MR) is 78.7 cm³/mol. The van der Waals surface area contributed by atoms with Gasteiger partial charge in [-0.15, -0.1) is 0 Å². The van der Waals surface area contributed by atoms with Crippen molar-refractivity contribution in [2.75, 3.05) is 24.5 Å². The predicted octanol–water partition coefficient (Wildman–Crippen LogP) is 0.995. The molecular formula is C14H18N4O3. The molecule has 7 heteroatoms. The first-order valence-corrected chi connectivity index (χ1v) is 6.80. The number of fused-ring (bicyclic) bond motifs is 1. The zero-order valence-electron chi connectivity index (χ0n) is 12.0. The SMILES string of the molecule is CCNC(=O)CN(CC)c1nc2ccccn2c1C(=O)O. The van der Waals surface area contributed by atoms with Gasteiger partial charge in [0, 0.05) is 19.3 Å². The molecule has 0 spiro atoms. The Morgan fingerprint density at radius 2 is 2.14 bits per heavy atom. The molecule has 2 heterocycles. The van der Waals surface area contributed by atoms with Crippen LogP contribution < -0.4 is 10.2 Å². The van der Waals surface area contributed by atoms with Crippen molar-refractivity contribution < 1.29 is 14.7 Å². The highest BCUT2D eigenvalue weighted by Gasteiger charge is 2.23. The third-order valence-corrected chi connectivity index (χ3v) is 3.10. The number of amides is 1. The fourth-order valence-corrected chi connectivity index (χ4v) is 2.17. The summed E-state index contributed by atoms with van der Waals surface area (Å²) < 4.78 is 1.51. The van der Waals surface area contributed by atoms with Crippen molar-refractivity contribution in [1.29, 1.82) is 0 Å². The van der Waals surface area contributed by atoms with E-state index in [2.05, 4.69) is 10.3 Å². The molecule has 2 N–H and O–H groups in total. The molecule has 2 aromatic rings. The van der Waals surface area contributed by atoms with Gasteiger partial charge in [0.25, 0.3) is 0 Å². The Morgan fingerprint density at radius 1 is 1.38 bits per heavy atom. The molecule has 21 heavy (non-hydrogen) atoms. The smallest absolute Gasteiger partial charge is 0.356 e. The van der Waals surface area contributed by atoms with E-state index in [4.69, 9.17) is 0 Å². The number of hydrogen-bond donors (Lipinski definition) is 2. The summed E-state index contributed by atoms with van der Waals surface area (Å²) in [5, 5.41) is 12.1. The summed E-state index contributed by atoms with van der Waals surface area (Å²) in [5.41, 5.74) is 0.607. The third kappa shape index (κ3) is 2.96. The lowest BCUT2D eigenvalue weighted by molar-refractivity contribution is -0.119. The molecule has 0 bridgehead atoms. The second kappa shape index (κ2) is 6.25. The highest BCUT2D eigenvalue weighted by atomic mass is 16.4. The zero-order valence-corrected chi connectivity index (χ0v) is 12.0. The molecule has 112 valence electrons. The van der Waals surface area contributed by atoms with Gasteiger partial charge in [0.1, 0.15) is 5.65 Å². The fourth-order valence-electron chi connectivity index (χ4n) is 2.17. The molecule has 0 unspecified atom stereocenters. The summed E-state index contributed by atoms with van der Waals surface area (Å²) in [6.07, 6.45) is 1.65. The number of likely N-dealkylation sites (N-methyl/N-ethyl adjacent to an activating group) is 2. The van der Waals surface area contributed by atoms with Crippen LogP contribution >= 0.6 is 0 Å². The summed E-state index contributed by atoms with van der Waals surface area (Å²) in [6.45, 7) is 4.79. The molecule has 0 fully saturated rings. The zero-order chi connectivity index (χ0) is 15.4. The van der Waals surface area contributed by atoms with Gasteiger partial charge in [-0.1, -0.05) is 6.07 Å². The number of aromatic carboxylic acids is 1. The second-order valence-corrected chi connectivity index (χ2v) is 4.49. The number of rotatable bonds is 6. The van der Waals surface area contributed by atoms with Crippen LogP contribution in [-0.2, 0) is 4.79 Å². The number of carboxylic acid groups (broad SMARTS) is 1. The number of carbonyl (C=O) groups excluding carboxylic acids is 1. The first kappa shape index (κ1) is 14.8. The molecule has 2 rings (SSSR count). The van der Waals surface area contributed by atoms with E-state index < -0.39 is 5.97 Å². The molecule has 0 aliphatic carbocycles. The van der Waals surface area contributed by atoms with E-state index in [1.807, 2.05) is 13.8 Å². The average molecular weight is 290 g/mol. The van der Waals surface area contributed by atoms with Gasteiger partial charge in [-0.3, -0.25) is 9.20 Å². The van der Waals surface area contributed by atoms with Crippen LogP contribution in [0.1, 0.15) is 24.3 Å². The number of nitrogens with one attached hydrogen (secondary N) is 1. The van der Waals surface area contributed by atoms with E-state index in [0.717, 1.165) is 0 Å². The summed E-state index contributed by atoms with van der Waals surface area (Å²) in [5.74, 6) is -0.923. The maximum absolute atomic E-state index is 11.7. The van der Waals surface area contributed by atoms with Crippen LogP contribution in [0, 0.1) is 0 Å². The van der Waals surface area contributed by atoms with Crippen molar-refractivity contribution in [3.8, 4) is 0 Å². The number of anilines is 1. The van der Waals surface area contributed by atoms with Crippen LogP contribution in [0.5, 0.6) is 0 Å². The number of nitrogens with zero attached hydrogens (tertiary/aromatic N) is 3. The minimum atomic E-state index is -1.07. The number of carboxylic acids is 1. The first-order valence-electron chi connectivity index (χ1n) is 6.80. The van der Waals surface area contributed by atoms with Crippen molar-refractivity contribution in [1.82, 2.24) is 14.7 Å². The van der Waals surface area contributed by atoms with E-state index in [9.17, 15) is 14.7 Å². The minimum Gasteiger partial charge on any atom is -0.476 e. The fraction of sp³-hybridized carbons (Fsp3) is 0.357. The lowest BCUT2D eigenvalue weighted by Crippen LogP contribution is -2.38. The summed E-state index contributed by atoms with van der Waals surface area (Å²) in [6, 6.07) is 5.26. The Morgan fingerprint density at radius 3 is 2.76 bits per heavy atom. The Labute approximate surface area is 122 Å². The van der Waals surface area contributed by atoms with Gasteiger partial charge in [0.2, 0.25) is 5.91 Å². The van der Waals surface area contributed by atoms with Gasteiger partial charge in [-0.05, 0) is 26.0 Å². The van der Waals surface area contributed by atoms with E-state index in [1.54, 1.807) is 29.3 Å². The van der Waals surface area contributed by atoms with Crippen LogP contribution in [0.2, 0.25) is 0 Å². The quantitative estimate of drug-likeness (QED) is 0.828. The highest BCUT2D eigenvalue weighted by Crippen LogP contribution is 2.21. The molecule has 0 atom stereocenters. The molecule has 2 aromatic heterocycles. The number of pyridine rings is 1. The number of imidazole rings is 1. The van der Waals surface area contributed by atoms with Crippen LogP contribution in [0.15, 0.2) is 24.4 Å². The molecule has 0 aromatic carbocycles. The average Bonchev–Trinajstić information content (AvgIpc) is 2.84. The highest BCUT2D eigenvalue weighted by molar-refractivity contribution is 5.94. The van der Waals surface area contributed by atoms with E-state index in [0.29, 0.717) is 24.6 Å². The molecule has 0 saturated carbocycles. The van der Waals surface area contributed by atoms with Crippen LogP contribution in [-0.4, -0.2) is 46.0 Å². The van der Waals surface area contributed by atoms with Crippen molar-refractivity contribution >= 4 is 23.3 Å². The second-order valence-electron chi connectivity index (χ2n) is 4.49. The maximum Gasteiger partial charge on any atom is 0.356 e. The number of carbonyl (C=O) groups is 2. The van der Waals surface area contributed by atoms with Gasteiger partial charge in [-0.2, -0.15) is 0 Å². The standard InChI is InChI=1S/C14H18N4O3/c1-3-15-11(19)9-17(4-2)13-12(14(20)21)18-8-6-5-7-10(18)16-13/h5-8H,3-4,9H2,1-2H3,(H,15,19)(H,20,21). The lowest BCUT2D eigenvalue weighted by atomic mass is 10.3. The molecule has 0 radical (unpaired) electrons. The van der Waals surface area contributed by atoms with Crippen LogP contribution in [0.25, 0.3) is 5.65 Å². The van der Waals surface area contributed by atoms with E-state index in [-0.39, 0.29) is 18.1 Å². The monoisotopic (exact) mass is 290 g/mol.